The first kappa shape index (κ1) is 19.7. The largest absolute Gasteiger partial charge is 0.355 e. The average Bonchev–Trinajstić information content (AvgIpc) is 3.32. The predicted octanol–water partition coefficient (Wildman–Crippen LogP) is 2.59. The number of rotatable bonds is 8. The minimum atomic E-state index is -0.337. The average molecular weight is 408 g/mol. The summed E-state index contributed by atoms with van der Waals surface area (Å²) in [6, 6.07) is 6.90. The Kier molecular flexibility index (Phi) is 7.14. The molecule has 0 saturated carbocycles. The Bertz CT molecular complexity index is 792. The van der Waals surface area contributed by atoms with Gasteiger partial charge in [0.25, 0.3) is 5.91 Å². The van der Waals surface area contributed by atoms with Gasteiger partial charge in [-0.2, -0.15) is 0 Å². The van der Waals surface area contributed by atoms with Crippen molar-refractivity contribution in [2.24, 2.45) is 0 Å². The number of carbonyl (C=O) groups excluding carboxylic acids is 2. The summed E-state index contributed by atoms with van der Waals surface area (Å²) in [5, 5.41) is 15.1. The van der Waals surface area contributed by atoms with Gasteiger partial charge in [0.2, 0.25) is 10.9 Å². The summed E-state index contributed by atoms with van der Waals surface area (Å²) in [5.74, 6) is -0.342. The third kappa shape index (κ3) is 6.27. The molecule has 0 radical (unpaired) electrons. The Morgan fingerprint density at radius 2 is 2.04 bits per heavy atom. The van der Waals surface area contributed by atoms with E-state index in [-0.39, 0.29) is 16.8 Å². The molecule has 1 aromatic carbocycles. The Balaban J connectivity index is 1.40. The highest BCUT2D eigenvalue weighted by Crippen LogP contribution is 2.17. The number of benzene rings is 1. The fourth-order valence-corrected chi connectivity index (χ4v) is 3.79. The quantitative estimate of drug-likeness (QED) is 0.702. The lowest BCUT2D eigenvalue weighted by Gasteiger charge is -2.14. The SMILES string of the molecule is O=C(CCc1nnc(C(=O)Nc2cccc(Cl)c2)s1)NCCN1CCCC1. The molecule has 0 bridgehead atoms. The number of nitrogens with zero attached hydrogens (tertiary/aromatic N) is 3. The van der Waals surface area contributed by atoms with E-state index in [9.17, 15) is 9.59 Å². The lowest BCUT2D eigenvalue weighted by Crippen LogP contribution is -2.33. The van der Waals surface area contributed by atoms with Crippen molar-refractivity contribution in [2.75, 3.05) is 31.5 Å². The number of likely N-dealkylation sites (tertiary alicyclic amines) is 1. The number of aromatic nitrogens is 2. The van der Waals surface area contributed by atoms with Crippen molar-refractivity contribution in [1.29, 1.82) is 0 Å². The van der Waals surface area contributed by atoms with Crippen molar-refractivity contribution in [3.63, 3.8) is 0 Å². The summed E-state index contributed by atoms with van der Waals surface area (Å²) < 4.78 is 0. The maximum atomic E-state index is 12.2. The van der Waals surface area contributed by atoms with Crippen LogP contribution in [0.2, 0.25) is 5.02 Å². The van der Waals surface area contributed by atoms with Gasteiger partial charge in [-0.1, -0.05) is 29.0 Å². The van der Waals surface area contributed by atoms with Gasteiger partial charge < -0.3 is 15.5 Å². The third-order valence-corrected chi connectivity index (χ3v) is 5.48. The standard InChI is InChI=1S/C18H22ClN5O2S/c19-13-4-3-5-14(12-13)21-17(26)18-23-22-16(27-18)7-6-15(25)20-8-11-24-9-1-2-10-24/h3-5,12H,1-2,6-11H2,(H,20,25)(H,21,26). The minimum Gasteiger partial charge on any atom is -0.355 e. The highest BCUT2D eigenvalue weighted by atomic mass is 35.5. The molecule has 1 aliphatic heterocycles. The second-order valence-corrected chi connectivity index (χ2v) is 7.86. The fraction of sp³-hybridized carbons (Fsp3) is 0.444. The Morgan fingerprint density at radius 1 is 1.22 bits per heavy atom. The van der Waals surface area contributed by atoms with Crippen molar-refractivity contribution in [2.45, 2.75) is 25.7 Å². The first-order chi connectivity index (χ1) is 13.1. The van der Waals surface area contributed by atoms with Gasteiger partial charge >= 0.3 is 0 Å². The highest BCUT2D eigenvalue weighted by molar-refractivity contribution is 7.13. The van der Waals surface area contributed by atoms with Crippen molar-refractivity contribution in [3.05, 3.63) is 39.3 Å². The lowest BCUT2D eigenvalue weighted by molar-refractivity contribution is -0.121. The van der Waals surface area contributed by atoms with E-state index in [1.54, 1.807) is 24.3 Å². The number of aryl methyl sites for hydroxylation is 1. The van der Waals surface area contributed by atoms with Crippen LogP contribution in [-0.2, 0) is 11.2 Å². The van der Waals surface area contributed by atoms with Gasteiger partial charge in [-0.15, -0.1) is 10.2 Å². The zero-order chi connectivity index (χ0) is 19.1. The van der Waals surface area contributed by atoms with E-state index < -0.39 is 0 Å². The number of carbonyl (C=O) groups is 2. The van der Waals surface area contributed by atoms with Crippen LogP contribution < -0.4 is 10.6 Å². The second kappa shape index (κ2) is 9.77. The molecule has 0 aliphatic carbocycles. The molecule has 144 valence electrons. The Hall–Kier alpha value is -2.03. The van der Waals surface area contributed by atoms with Crippen molar-refractivity contribution >= 4 is 40.4 Å². The molecule has 1 saturated heterocycles. The van der Waals surface area contributed by atoms with Crippen LogP contribution in [0.25, 0.3) is 0 Å². The van der Waals surface area contributed by atoms with E-state index in [4.69, 9.17) is 11.6 Å². The van der Waals surface area contributed by atoms with E-state index in [1.807, 2.05) is 0 Å². The molecule has 3 rings (SSSR count). The van der Waals surface area contributed by atoms with E-state index in [0.29, 0.717) is 35.1 Å². The first-order valence-corrected chi connectivity index (χ1v) is 10.2. The minimum absolute atomic E-state index is 0.00525. The summed E-state index contributed by atoms with van der Waals surface area (Å²) in [4.78, 5) is 26.5. The van der Waals surface area contributed by atoms with Crippen LogP contribution in [0.4, 0.5) is 5.69 Å². The van der Waals surface area contributed by atoms with Crippen LogP contribution in [-0.4, -0.2) is 53.1 Å². The maximum Gasteiger partial charge on any atom is 0.286 e. The molecular weight excluding hydrogens is 386 g/mol. The molecule has 7 nitrogen and oxygen atoms in total. The zero-order valence-electron chi connectivity index (χ0n) is 14.9. The van der Waals surface area contributed by atoms with Crippen LogP contribution in [0.5, 0.6) is 0 Å². The number of anilines is 1. The second-order valence-electron chi connectivity index (χ2n) is 6.36. The van der Waals surface area contributed by atoms with Crippen molar-refractivity contribution in [1.82, 2.24) is 20.4 Å². The molecule has 2 heterocycles. The van der Waals surface area contributed by atoms with E-state index in [2.05, 4.69) is 25.7 Å². The van der Waals surface area contributed by atoms with Gasteiger partial charge in [0.05, 0.1) is 0 Å². The Labute approximate surface area is 167 Å². The molecular formula is C18H22ClN5O2S. The van der Waals surface area contributed by atoms with Gasteiger partial charge in [-0.05, 0) is 44.1 Å². The molecule has 0 atom stereocenters. The number of nitrogens with one attached hydrogen (secondary N) is 2. The van der Waals surface area contributed by atoms with Gasteiger partial charge in [0.1, 0.15) is 5.01 Å². The molecule has 0 spiro atoms. The summed E-state index contributed by atoms with van der Waals surface area (Å²) in [6.45, 7) is 3.82. The molecule has 1 fully saturated rings. The molecule has 2 aromatic rings. The number of hydrogen-bond acceptors (Lipinski definition) is 6. The molecule has 2 amide bonds. The van der Waals surface area contributed by atoms with E-state index in [1.165, 1.54) is 24.2 Å². The number of halogens is 1. The van der Waals surface area contributed by atoms with E-state index >= 15 is 0 Å². The summed E-state index contributed by atoms with van der Waals surface area (Å²) >= 11 is 7.10. The molecule has 2 N–H and O–H groups in total. The fourth-order valence-electron chi connectivity index (χ4n) is 2.87. The Morgan fingerprint density at radius 3 is 2.81 bits per heavy atom. The molecule has 0 unspecified atom stereocenters. The molecule has 1 aromatic heterocycles. The summed E-state index contributed by atoms with van der Waals surface area (Å²) in [5.41, 5.74) is 0.599. The third-order valence-electron chi connectivity index (χ3n) is 4.26. The van der Waals surface area contributed by atoms with Gasteiger partial charge in [0.15, 0.2) is 0 Å². The topological polar surface area (TPSA) is 87.2 Å². The van der Waals surface area contributed by atoms with E-state index in [0.717, 1.165) is 19.6 Å². The van der Waals surface area contributed by atoms with Crippen LogP contribution >= 0.6 is 22.9 Å². The van der Waals surface area contributed by atoms with Crippen LogP contribution in [0.3, 0.4) is 0 Å². The molecule has 1 aliphatic rings. The smallest absolute Gasteiger partial charge is 0.286 e. The molecule has 27 heavy (non-hydrogen) atoms. The first-order valence-electron chi connectivity index (χ1n) is 8.98. The molecule has 9 heteroatoms. The van der Waals surface area contributed by atoms with Crippen molar-refractivity contribution < 1.29 is 9.59 Å². The van der Waals surface area contributed by atoms with Gasteiger partial charge in [0, 0.05) is 36.6 Å². The lowest BCUT2D eigenvalue weighted by atomic mass is 10.3. The number of hydrogen-bond donors (Lipinski definition) is 2. The van der Waals surface area contributed by atoms with Gasteiger partial charge in [-0.25, -0.2) is 0 Å². The van der Waals surface area contributed by atoms with Crippen molar-refractivity contribution in [3.8, 4) is 0 Å². The zero-order valence-corrected chi connectivity index (χ0v) is 16.5. The monoisotopic (exact) mass is 407 g/mol. The maximum absolute atomic E-state index is 12.2. The van der Waals surface area contributed by atoms with Gasteiger partial charge in [-0.3, -0.25) is 9.59 Å². The highest BCUT2D eigenvalue weighted by Gasteiger charge is 2.15. The predicted molar refractivity (Wildman–Crippen MR) is 106 cm³/mol. The normalized spacial score (nSPS) is 14.3. The summed E-state index contributed by atoms with van der Waals surface area (Å²) in [7, 11) is 0. The van der Waals surface area contributed by atoms with Crippen LogP contribution in [0, 0.1) is 0 Å². The van der Waals surface area contributed by atoms with Crippen LogP contribution in [0.1, 0.15) is 34.1 Å². The number of amides is 2. The van der Waals surface area contributed by atoms with Crippen LogP contribution in [0.15, 0.2) is 24.3 Å². The summed E-state index contributed by atoms with van der Waals surface area (Å²) in [6.07, 6.45) is 3.30.